The van der Waals surface area contributed by atoms with Gasteiger partial charge in [0.15, 0.2) is 11.6 Å². The van der Waals surface area contributed by atoms with Gasteiger partial charge in [-0.05, 0) is 45.1 Å². The summed E-state index contributed by atoms with van der Waals surface area (Å²) in [6.07, 6.45) is -1.41. The minimum atomic E-state index is -2.02. The molecule has 0 unspecified atom stereocenters. The van der Waals surface area contributed by atoms with Crippen molar-refractivity contribution in [3.63, 3.8) is 0 Å². The van der Waals surface area contributed by atoms with E-state index >= 15 is 0 Å². The Kier molecular flexibility index (Phi) is 5.85. The summed E-state index contributed by atoms with van der Waals surface area (Å²) in [5.41, 5.74) is 1.99. The molecule has 0 spiro atoms. The van der Waals surface area contributed by atoms with Gasteiger partial charge in [0, 0.05) is 30.4 Å². The first kappa shape index (κ1) is 21.5. The second kappa shape index (κ2) is 7.89. The van der Waals surface area contributed by atoms with Gasteiger partial charge in [0.05, 0.1) is 12.7 Å². The number of rotatable bonds is 6. The van der Waals surface area contributed by atoms with Gasteiger partial charge in [0.1, 0.15) is 23.7 Å². The number of benzene rings is 1. The Morgan fingerprint density at radius 1 is 1.00 bits per heavy atom. The number of fused-ring (bicyclic) bond motifs is 1. The Hall–Kier alpha value is -2.22. The van der Waals surface area contributed by atoms with E-state index in [1.54, 1.807) is 18.2 Å². The van der Waals surface area contributed by atoms with Gasteiger partial charge in [-0.15, -0.1) is 0 Å². The fourth-order valence-electron chi connectivity index (χ4n) is 3.92. The van der Waals surface area contributed by atoms with Crippen LogP contribution < -0.4 is 4.74 Å². The van der Waals surface area contributed by atoms with Crippen molar-refractivity contribution < 1.29 is 28.2 Å². The molecule has 0 saturated carbocycles. The number of carbonyl (C=O) groups excluding carboxylic acids is 2. The Labute approximate surface area is 172 Å². The molecule has 2 aliphatic rings. The lowest BCUT2D eigenvalue weighted by molar-refractivity contribution is 0.0643. The number of ether oxygens (including phenoxy) is 3. The van der Waals surface area contributed by atoms with Gasteiger partial charge in [0.25, 0.3) is 0 Å². The molecule has 2 aliphatic carbocycles. The minimum absolute atomic E-state index is 0.236. The second-order valence-electron chi connectivity index (χ2n) is 8.08. The molecule has 3 rings (SSSR count). The second-order valence-corrected chi connectivity index (χ2v) is 12.5. The van der Waals surface area contributed by atoms with Crippen LogP contribution in [0.3, 0.4) is 0 Å². The van der Waals surface area contributed by atoms with Crippen molar-refractivity contribution in [2.45, 2.75) is 45.7 Å². The van der Waals surface area contributed by atoms with E-state index in [1.807, 2.05) is 13.8 Å². The van der Waals surface area contributed by atoms with Crippen LogP contribution in [0.4, 0.5) is 0 Å². The fourth-order valence-corrected chi connectivity index (χ4v) is 4.84. The molecule has 0 aliphatic heterocycles. The highest BCUT2D eigenvalue weighted by Gasteiger charge is 2.47. The number of methoxy groups -OCH3 is 2. The van der Waals surface area contributed by atoms with Crippen molar-refractivity contribution in [1.82, 2.24) is 0 Å². The van der Waals surface area contributed by atoms with Crippen LogP contribution in [0.5, 0.6) is 5.75 Å². The van der Waals surface area contributed by atoms with Crippen LogP contribution in [0.1, 0.15) is 34.6 Å². The topological polar surface area (TPSA) is 71.1 Å². The molecule has 2 atom stereocenters. The largest absolute Gasteiger partial charge is 0.545 e. The first-order valence-electron chi connectivity index (χ1n) is 9.70. The molecule has 0 aromatic heterocycles. The minimum Gasteiger partial charge on any atom is -0.545 e. The molecule has 1 aromatic carbocycles. The van der Waals surface area contributed by atoms with Gasteiger partial charge in [-0.2, -0.15) is 0 Å². The Balaban J connectivity index is 2.26. The van der Waals surface area contributed by atoms with E-state index in [9.17, 15) is 9.59 Å². The molecule has 1 aromatic rings. The average Bonchev–Trinajstić information content (AvgIpc) is 2.67. The zero-order chi connectivity index (χ0) is 21.5. The normalized spacial score (nSPS) is 21.9. The summed E-state index contributed by atoms with van der Waals surface area (Å²) in [5.74, 6) is 0.422. The monoisotopic (exact) mass is 416 g/mol. The van der Waals surface area contributed by atoms with Crippen molar-refractivity contribution in [2.24, 2.45) is 0 Å². The Morgan fingerprint density at radius 3 is 2.21 bits per heavy atom. The standard InChI is InChI=1S/C22H28O6Si/c1-8-27-20-12(2)21(28-29(5,6)7)22(26-4)17-16(20)18(23)13-10-9-11-14(25-3)15(13)19(17)24/h9-11,20,22H,8H2,1-7H3/t20-,22-/m1/s1. The molecular formula is C22H28O6Si. The van der Waals surface area contributed by atoms with Crippen LogP contribution in [-0.4, -0.2) is 52.9 Å². The molecule has 156 valence electrons. The summed E-state index contributed by atoms with van der Waals surface area (Å²) < 4.78 is 23.4. The van der Waals surface area contributed by atoms with E-state index in [0.29, 0.717) is 29.3 Å². The third-order valence-corrected chi connectivity index (χ3v) is 5.86. The fraction of sp³-hybridized carbons (Fsp3) is 0.455. The molecule has 0 heterocycles. The third-order valence-electron chi connectivity index (χ3n) is 5.03. The predicted molar refractivity (Wildman–Crippen MR) is 112 cm³/mol. The quantitative estimate of drug-likeness (QED) is 0.655. The molecule has 6 nitrogen and oxygen atoms in total. The van der Waals surface area contributed by atoms with E-state index in [4.69, 9.17) is 18.6 Å². The van der Waals surface area contributed by atoms with Gasteiger partial charge in [0.2, 0.25) is 8.32 Å². The zero-order valence-electron chi connectivity index (χ0n) is 18.0. The highest BCUT2D eigenvalue weighted by molar-refractivity contribution is 6.70. The van der Waals surface area contributed by atoms with Gasteiger partial charge < -0.3 is 18.6 Å². The first-order valence-corrected chi connectivity index (χ1v) is 13.1. The SMILES string of the molecule is CCO[C@@H]1C(C)=C(O[Si](C)(C)C)[C@H](OC)C2=C1C(=O)c1cccc(OC)c1C2=O. The van der Waals surface area contributed by atoms with Crippen LogP contribution in [0.15, 0.2) is 40.7 Å². The van der Waals surface area contributed by atoms with Crippen molar-refractivity contribution >= 4 is 19.9 Å². The molecule has 0 bridgehead atoms. The van der Waals surface area contributed by atoms with Crippen molar-refractivity contribution in [2.75, 3.05) is 20.8 Å². The number of hydrogen-bond donors (Lipinski definition) is 0. The summed E-state index contributed by atoms with van der Waals surface area (Å²) in [4.78, 5) is 27.1. The molecular weight excluding hydrogens is 388 g/mol. The van der Waals surface area contributed by atoms with Crippen LogP contribution in [0.2, 0.25) is 19.6 Å². The van der Waals surface area contributed by atoms with Crippen LogP contribution in [-0.2, 0) is 13.9 Å². The number of Topliss-reactive ketones (excluding diaryl/α,β-unsaturated/α-hetero) is 2. The van der Waals surface area contributed by atoms with Gasteiger partial charge in [-0.3, -0.25) is 9.59 Å². The van der Waals surface area contributed by atoms with E-state index < -0.39 is 20.5 Å². The number of ketones is 2. The van der Waals surface area contributed by atoms with E-state index in [0.717, 1.165) is 5.57 Å². The Morgan fingerprint density at radius 2 is 1.66 bits per heavy atom. The van der Waals surface area contributed by atoms with Gasteiger partial charge in [-0.25, -0.2) is 0 Å². The maximum absolute atomic E-state index is 13.6. The van der Waals surface area contributed by atoms with Crippen LogP contribution in [0.25, 0.3) is 0 Å². The van der Waals surface area contributed by atoms with Crippen molar-refractivity contribution in [3.05, 3.63) is 51.8 Å². The number of hydrogen-bond acceptors (Lipinski definition) is 6. The zero-order valence-corrected chi connectivity index (χ0v) is 19.0. The molecule has 0 amide bonds. The highest BCUT2D eigenvalue weighted by Crippen LogP contribution is 2.43. The smallest absolute Gasteiger partial charge is 0.241 e. The summed E-state index contributed by atoms with van der Waals surface area (Å²) in [5, 5.41) is 0. The molecule has 7 heteroatoms. The van der Waals surface area contributed by atoms with E-state index in [1.165, 1.54) is 14.2 Å². The van der Waals surface area contributed by atoms with E-state index in [2.05, 4.69) is 19.6 Å². The van der Waals surface area contributed by atoms with Crippen LogP contribution in [0, 0.1) is 0 Å². The Bertz CT molecular complexity index is 922. The van der Waals surface area contributed by atoms with Crippen LogP contribution >= 0.6 is 0 Å². The van der Waals surface area contributed by atoms with Crippen molar-refractivity contribution in [3.8, 4) is 5.75 Å². The summed E-state index contributed by atoms with van der Waals surface area (Å²) in [6, 6.07) is 5.05. The molecule has 0 N–H and O–H groups in total. The van der Waals surface area contributed by atoms with E-state index in [-0.39, 0.29) is 22.7 Å². The predicted octanol–water partition coefficient (Wildman–Crippen LogP) is 3.93. The molecule has 0 fully saturated rings. The summed E-state index contributed by atoms with van der Waals surface area (Å²) >= 11 is 0. The number of carbonyl (C=O) groups is 2. The first-order chi connectivity index (χ1) is 13.7. The highest BCUT2D eigenvalue weighted by atomic mass is 28.4. The molecule has 0 saturated heterocycles. The molecule has 0 radical (unpaired) electrons. The lowest BCUT2D eigenvalue weighted by Crippen LogP contribution is -2.43. The lowest BCUT2D eigenvalue weighted by atomic mass is 9.74. The maximum Gasteiger partial charge on any atom is 0.241 e. The lowest BCUT2D eigenvalue weighted by Gasteiger charge is -2.39. The van der Waals surface area contributed by atoms with Gasteiger partial charge >= 0.3 is 0 Å². The molecule has 29 heavy (non-hydrogen) atoms. The average molecular weight is 417 g/mol. The summed E-state index contributed by atoms with van der Waals surface area (Å²) in [7, 11) is 0.986. The third kappa shape index (κ3) is 3.58. The summed E-state index contributed by atoms with van der Waals surface area (Å²) in [6.45, 7) is 10.3. The van der Waals surface area contributed by atoms with Gasteiger partial charge in [-0.1, -0.05) is 12.1 Å². The maximum atomic E-state index is 13.6. The van der Waals surface area contributed by atoms with Crippen molar-refractivity contribution in [1.29, 1.82) is 0 Å².